The van der Waals surface area contributed by atoms with Crippen LogP contribution in [0.4, 0.5) is 28.4 Å². The molecule has 0 radical (unpaired) electrons. The Hall–Kier alpha value is -5.10. The van der Waals surface area contributed by atoms with E-state index in [1.165, 1.54) is 6.07 Å². The van der Waals surface area contributed by atoms with Crippen molar-refractivity contribution in [3.8, 4) is 5.75 Å². The Morgan fingerprint density at radius 1 is 0.773 bits per heavy atom. The summed E-state index contributed by atoms with van der Waals surface area (Å²) in [7, 11) is -4.90. The number of azo groups is 2. The van der Waals surface area contributed by atoms with Crippen molar-refractivity contribution in [1.29, 1.82) is 0 Å². The fraction of sp³-hybridized carbons (Fsp3) is 0. The molecule has 0 aliphatic carbocycles. The molecule has 0 aliphatic rings. The van der Waals surface area contributed by atoms with Gasteiger partial charge in [-0.05, 0) is 41.8 Å². The molecule has 6 aromatic rings. The van der Waals surface area contributed by atoms with Crippen LogP contribution in [0.1, 0.15) is 0 Å². The molecule has 5 N–H and O–H groups in total. The van der Waals surface area contributed by atoms with Crippen molar-refractivity contribution >= 4 is 83.2 Å². The molecule has 14 nitrogen and oxygen atoms in total. The van der Waals surface area contributed by atoms with Crippen molar-refractivity contribution in [3.05, 3.63) is 85.2 Å². The molecule has 0 fully saturated rings. The van der Waals surface area contributed by atoms with E-state index in [2.05, 4.69) is 39.8 Å². The topological polar surface area (TPSA) is 215 Å². The molecule has 0 aliphatic heterocycles. The first-order valence-electron chi connectivity index (χ1n) is 12.5. The zero-order valence-corrected chi connectivity index (χ0v) is 23.8. The standard InChI is InChI=1S/C28H19N7O7S2/c29-23-22-17(14-21(44(38,39)40)27(23)35-33-19-10-2-6-16-8-4-12-31-25(16)19)13-20(43-42-41-37)26(28(22)36)34-32-18-9-1-5-15-7-3-11-30-24(15)18/h1-14,36-37H,29H2,(H,38,39,40). The van der Waals surface area contributed by atoms with Crippen molar-refractivity contribution in [2.24, 2.45) is 20.5 Å². The van der Waals surface area contributed by atoms with E-state index in [4.69, 9.17) is 11.0 Å². The predicted octanol–water partition coefficient (Wildman–Crippen LogP) is 7.73. The lowest BCUT2D eigenvalue weighted by Gasteiger charge is -2.14. The van der Waals surface area contributed by atoms with Crippen LogP contribution in [0, 0.1) is 0 Å². The second kappa shape index (κ2) is 11.9. The van der Waals surface area contributed by atoms with Gasteiger partial charge in [-0.15, -0.1) is 24.8 Å². The number of phenolic OH excluding ortho intramolecular Hbond substituents is 1. The second-order valence-corrected chi connectivity index (χ2v) is 11.2. The van der Waals surface area contributed by atoms with Gasteiger partial charge in [0.1, 0.15) is 27.6 Å². The third kappa shape index (κ3) is 5.51. The molecule has 4 aromatic carbocycles. The van der Waals surface area contributed by atoms with Crippen LogP contribution >= 0.6 is 12.0 Å². The van der Waals surface area contributed by atoms with Gasteiger partial charge in [0.25, 0.3) is 10.1 Å². The first-order chi connectivity index (χ1) is 21.3. The molecule has 0 amide bonds. The molecule has 2 heterocycles. The number of rotatable bonds is 8. The third-order valence-corrected chi connectivity index (χ3v) is 7.97. The first kappa shape index (κ1) is 29.0. The molecule has 44 heavy (non-hydrogen) atoms. The van der Waals surface area contributed by atoms with E-state index in [0.717, 1.165) is 16.8 Å². The molecule has 0 saturated carbocycles. The smallest absolute Gasteiger partial charge is 0.296 e. The molecule has 0 spiro atoms. The lowest BCUT2D eigenvalue weighted by atomic mass is 10.1. The Bertz CT molecular complexity index is 2240. The Morgan fingerprint density at radius 2 is 1.34 bits per heavy atom. The fourth-order valence-corrected chi connectivity index (χ4v) is 5.73. The Kier molecular flexibility index (Phi) is 7.83. The van der Waals surface area contributed by atoms with Crippen molar-refractivity contribution in [2.75, 3.05) is 5.73 Å². The minimum Gasteiger partial charge on any atom is -0.505 e. The van der Waals surface area contributed by atoms with E-state index in [-0.39, 0.29) is 27.0 Å². The number of anilines is 1. The predicted molar refractivity (Wildman–Crippen MR) is 162 cm³/mol. The van der Waals surface area contributed by atoms with Crippen molar-refractivity contribution in [2.45, 2.75) is 9.79 Å². The maximum atomic E-state index is 12.4. The van der Waals surface area contributed by atoms with Crippen LogP contribution in [0.2, 0.25) is 0 Å². The molecular formula is C28H19N7O7S2. The van der Waals surface area contributed by atoms with Crippen molar-refractivity contribution < 1.29 is 32.7 Å². The quantitative estimate of drug-likeness (QED) is 0.0319. The summed E-state index contributed by atoms with van der Waals surface area (Å²) in [6.07, 6.45) is 3.17. The summed E-state index contributed by atoms with van der Waals surface area (Å²) < 4.78 is 39.5. The van der Waals surface area contributed by atoms with Gasteiger partial charge in [0, 0.05) is 23.2 Å². The van der Waals surface area contributed by atoms with Gasteiger partial charge in [0.15, 0.2) is 5.75 Å². The Balaban J connectivity index is 1.56. The zero-order chi connectivity index (χ0) is 30.8. The number of aromatic hydroxyl groups is 1. The van der Waals surface area contributed by atoms with Crippen LogP contribution in [0.5, 0.6) is 5.75 Å². The number of aromatic nitrogens is 2. The number of fused-ring (bicyclic) bond motifs is 3. The molecule has 0 bridgehead atoms. The van der Waals surface area contributed by atoms with E-state index < -0.39 is 26.5 Å². The number of pyridine rings is 2. The van der Waals surface area contributed by atoms with Gasteiger partial charge >= 0.3 is 0 Å². The van der Waals surface area contributed by atoms with Crippen LogP contribution in [0.15, 0.2) is 115 Å². The number of para-hydroxylation sites is 2. The number of nitrogens with two attached hydrogens (primary N) is 1. The molecule has 2 aromatic heterocycles. The molecule has 6 rings (SSSR count). The van der Waals surface area contributed by atoms with Gasteiger partial charge in [-0.2, -0.15) is 8.42 Å². The molecular weight excluding hydrogens is 610 g/mol. The van der Waals surface area contributed by atoms with E-state index in [0.29, 0.717) is 34.5 Å². The number of benzene rings is 4. The highest BCUT2D eigenvalue weighted by Crippen LogP contribution is 2.49. The summed E-state index contributed by atoms with van der Waals surface area (Å²) >= 11 is 0.444. The van der Waals surface area contributed by atoms with Crippen LogP contribution in [-0.4, -0.2) is 33.3 Å². The first-order valence-corrected chi connectivity index (χ1v) is 14.7. The molecule has 0 unspecified atom stereocenters. The zero-order valence-electron chi connectivity index (χ0n) is 22.1. The van der Waals surface area contributed by atoms with E-state index in [1.54, 1.807) is 48.8 Å². The second-order valence-electron chi connectivity index (χ2n) is 9.11. The van der Waals surface area contributed by atoms with Gasteiger partial charge in [-0.1, -0.05) is 41.4 Å². The highest BCUT2D eigenvalue weighted by molar-refractivity contribution is 7.94. The summed E-state index contributed by atoms with van der Waals surface area (Å²) in [5.74, 6) is -0.536. The summed E-state index contributed by atoms with van der Waals surface area (Å²) in [5, 5.41) is 42.1. The summed E-state index contributed by atoms with van der Waals surface area (Å²) in [6.45, 7) is 0. The average Bonchev–Trinajstić information content (AvgIpc) is 3.02. The van der Waals surface area contributed by atoms with Crippen LogP contribution in [0.25, 0.3) is 32.6 Å². The van der Waals surface area contributed by atoms with Gasteiger partial charge in [-0.3, -0.25) is 14.5 Å². The number of hydrogen-bond acceptors (Lipinski definition) is 14. The number of nitrogens with zero attached hydrogens (tertiary/aromatic N) is 6. The van der Waals surface area contributed by atoms with Gasteiger partial charge in [0.05, 0.1) is 39.0 Å². The average molecular weight is 630 g/mol. The molecule has 0 atom stereocenters. The number of nitrogen functional groups attached to an aromatic ring is 1. The summed E-state index contributed by atoms with van der Waals surface area (Å²) in [4.78, 5) is 8.00. The Morgan fingerprint density at radius 3 is 1.91 bits per heavy atom. The maximum absolute atomic E-state index is 12.4. The molecule has 220 valence electrons. The van der Waals surface area contributed by atoms with Crippen molar-refractivity contribution in [1.82, 2.24) is 9.97 Å². The number of hydrogen-bond donors (Lipinski definition) is 4. The monoisotopic (exact) mass is 629 g/mol. The van der Waals surface area contributed by atoms with E-state index in [1.807, 2.05) is 24.3 Å². The Labute approximate surface area is 252 Å². The number of phenols is 1. The maximum Gasteiger partial charge on any atom is 0.296 e. The van der Waals surface area contributed by atoms with Crippen molar-refractivity contribution in [3.63, 3.8) is 0 Å². The summed E-state index contributed by atoms with van der Waals surface area (Å²) in [6, 6.07) is 20.0. The van der Waals surface area contributed by atoms with Crippen LogP contribution in [0.3, 0.4) is 0 Å². The normalized spacial score (nSPS) is 12.3. The third-order valence-electron chi connectivity index (χ3n) is 6.48. The minimum atomic E-state index is -4.90. The van der Waals surface area contributed by atoms with E-state index in [9.17, 15) is 18.1 Å². The van der Waals surface area contributed by atoms with Crippen LogP contribution < -0.4 is 5.73 Å². The fourth-order valence-electron chi connectivity index (χ4n) is 4.57. The SMILES string of the molecule is Nc1c(N=Nc2cccc3cccnc23)c(S(=O)(=O)O)cc2cc(SOOO)c(N=Nc3cccc4cccnc34)c(O)c12. The highest BCUT2D eigenvalue weighted by atomic mass is 32.2. The van der Waals surface area contributed by atoms with Crippen LogP contribution in [-0.2, 0) is 19.5 Å². The lowest BCUT2D eigenvalue weighted by Crippen LogP contribution is -2.02. The van der Waals surface area contributed by atoms with Gasteiger partial charge in [-0.25, -0.2) is 5.26 Å². The van der Waals surface area contributed by atoms with Gasteiger partial charge in [0.2, 0.25) is 0 Å². The summed E-state index contributed by atoms with van der Waals surface area (Å²) in [5.41, 5.74) is 7.20. The van der Waals surface area contributed by atoms with E-state index >= 15 is 0 Å². The molecule has 0 saturated heterocycles. The molecule has 16 heteroatoms. The lowest BCUT2D eigenvalue weighted by molar-refractivity contribution is -0.432. The highest BCUT2D eigenvalue weighted by Gasteiger charge is 2.25. The largest absolute Gasteiger partial charge is 0.505 e. The minimum absolute atomic E-state index is 0.0397. The van der Waals surface area contributed by atoms with Gasteiger partial charge < -0.3 is 10.8 Å².